The number of carbonyl (C=O) groups excluding carboxylic acids is 1. The van der Waals surface area contributed by atoms with Crippen LogP contribution >= 0.6 is 35.1 Å². The lowest BCUT2D eigenvalue weighted by Gasteiger charge is -2.09. The van der Waals surface area contributed by atoms with Gasteiger partial charge in [0, 0.05) is 28.0 Å². The van der Waals surface area contributed by atoms with E-state index in [9.17, 15) is 4.79 Å². The first-order chi connectivity index (χ1) is 12.6. The van der Waals surface area contributed by atoms with Gasteiger partial charge in [-0.2, -0.15) is 11.8 Å². The molecular formula is C19H22ClNO3S2. The van der Waals surface area contributed by atoms with E-state index >= 15 is 0 Å². The van der Waals surface area contributed by atoms with Crippen molar-refractivity contribution in [1.29, 1.82) is 0 Å². The first-order valence-corrected chi connectivity index (χ1v) is 10.6. The van der Waals surface area contributed by atoms with Crippen molar-refractivity contribution in [2.24, 2.45) is 0 Å². The number of ether oxygens (including phenoxy) is 2. The summed E-state index contributed by atoms with van der Waals surface area (Å²) < 4.78 is 10.5. The quantitative estimate of drug-likeness (QED) is 0.460. The smallest absolute Gasteiger partial charge is 0.230 e. The molecule has 7 heteroatoms. The molecule has 0 saturated carbocycles. The van der Waals surface area contributed by atoms with Crippen LogP contribution in [-0.4, -0.2) is 38.2 Å². The molecule has 1 N–H and O–H groups in total. The van der Waals surface area contributed by atoms with E-state index in [1.54, 1.807) is 26.0 Å². The minimum Gasteiger partial charge on any atom is -0.493 e. The summed E-state index contributed by atoms with van der Waals surface area (Å²) in [6, 6.07) is 13.4. The summed E-state index contributed by atoms with van der Waals surface area (Å²) in [6.45, 7) is 0.639. The molecule has 1 amide bonds. The number of carbonyl (C=O) groups is 1. The van der Waals surface area contributed by atoms with E-state index in [4.69, 9.17) is 21.1 Å². The summed E-state index contributed by atoms with van der Waals surface area (Å²) in [6.07, 6.45) is 0. The van der Waals surface area contributed by atoms with Crippen molar-refractivity contribution in [3.63, 3.8) is 0 Å². The molecule has 0 radical (unpaired) electrons. The zero-order valence-corrected chi connectivity index (χ0v) is 17.2. The van der Waals surface area contributed by atoms with Gasteiger partial charge in [0.1, 0.15) is 0 Å². The van der Waals surface area contributed by atoms with Gasteiger partial charge in [-0.25, -0.2) is 0 Å². The van der Waals surface area contributed by atoms with Crippen LogP contribution in [0.25, 0.3) is 0 Å². The number of halogens is 1. The molecule has 0 aliphatic carbocycles. The molecule has 26 heavy (non-hydrogen) atoms. The van der Waals surface area contributed by atoms with Gasteiger partial charge in [-0.05, 0) is 29.8 Å². The molecule has 2 rings (SSSR count). The van der Waals surface area contributed by atoms with Crippen molar-refractivity contribution in [2.75, 3.05) is 32.3 Å². The first-order valence-electron chi connectivity index (χ1n) is 8.06. The molecule has 2 aromatic rings. The van der Waals surface area contributed by atoms with Crippen LogP contribution < -0.4 is 14.8 Å². The summed E-state index contributed by atoms with van der Waals surface area (Å²) in [5.41, 5.74) is 1.12. The second kappa shape index (κ2) is 11.3. The zero-order valence-electron chi connectivity index (χ0n) is 14.8. The van der Waals surface area contributed by atoms with Crippen molar-refractivity contribution >= 4 is 41.0 Å². The largest absolute Gasteiger partial charge is 0.493 e. The molecule has 0 fully saturated rings. The van der Waals surface area contributed by atoms with Gasteiger partial charge in [-0.15, -0.1) is 11.8 Å². The standard InChI is InChI=1S/C19H22ClNO3S2/c1-23-17-8-7-15(11-18(17)24-2)26-13-19(22)21-9-10-25-12-14-5-3-4-6-16(14)20/h3-8,11H,9-10,12-13H2,1-2H3,(H,21,22). The van der Waals surface area contributed by atoms with Crippen LogP contribution in [0.3, 0.4) is 0 Å². The molecule has 0 aliphatic heterocycles. The molecular weight excluding hydrogens is 390 g/mol. The fraction of sp³-hybridized carbons (Fsp3) is 0.316. The van der Waals surface area contributed by atoms with Crippen LogP contribution in [0.1, 0.15) is 5.56 Å². The van der Waals surface area contributed by atoms with Gasteiger partial charge in [-0.1, -0.05) is 29.8 Å². The topological polar surface area (TPSA) is 47.6 Å². The van der Waals surface area contributed by atoms with Gasteiger partial charge < -0.3 is 14.8 Å². The van der Waals surface area contributed by atoms with Crippen LogP contribution in [0.15, 0.2) is 47.4 Å². The summed E-state index contributed by atoms with van der Waals surface area (Å²) in [5, 5.41) is 3.72. The maximum Gasteiger partial charge on any atom is 0.230 e. The molecule has 0 unspecified atom stereocenters. The van der Waals surface area contributed by atoms with Crippen LogP contribution in [-0.2, 0) is 10.5 Å². The van der Waals surface area contributed by atoms with E-state index < -0.39 is 0 Å². The lowest BCUT2D eigenvalue weighted by Crippen LogP contribution is -2.27. The first kappa shape index (κ1) is 20.8. The Morgan fingerprint density at radius 2 is 1.88 bits per heavy atom. The molecule has 0 bridgehead atoms. The van der Waals surface area contributed by atoms with Crippen molar-refractivity contribution < 1.29 is 14.3 Å². The van der Waals surface area contributed by atoms with Crippen molar-refractivity contribution in [2.45, 2.75) is 10.6 Å². The second-order valence-electron chi connectivity index (χ2n) is 5.30. The molecule has 0 spiro atoms. The number of nitrogens with one attached hydrogen (secondary N) is 1. The van der Waals surface area contributed by atoms with E-state index in [1.807, 2.05) is 42.5 Å². The SMILES string of the molecule is COc1ccc(SCC(=O)NCCSCc2ccccc2Cl)cc1OC. The highest BCUT2D eigenvalue weighted by Crippen LogP contribution is 2.31. The Hall–Kier alpha value is -1.50. The van der Waals surface area contributed by atoms with E-state index in [-0.39, 0.29) is 5.91 Å². The van der Waals surface area contributed by atoms with Gasteiger partial charge in [0.2, 0.25) is 5.91 Å². The Labute approximate surface area is 168 Å². The Balaban J connectivity index is 1.65. The third-order valence-electron chi connectivity index (χ3n) is 3.51. The number of rotatable bonds is 10. The van der Waals surface area contributed by atoms with E-state index in [2.05, 4.69) is 5.32 Å². The van der Waals surface area contributed by atoms with Crippen molar-refractivity contribution in [3.05, 3.63) is 53.1 Å². The van der Waals surface area contributed by atoms with E-state index in [1.165, 1.54) is 11.8 Å². The van der Waals surface area contributed by atoms with Crippen molar-refractivity contribution in [3.8, 4) is 11.5 Å². The molecule has 0 saturated heterocycles. The number of amides is 1. The third kappa shape index (κ3) is 6.67. The average molecular weight is 412 g/mol. The van der Waals surface area contributed by atoms with Crippen LogP contribution in [0, 0.1) is 0 Å². The minimum atomic E-state index is 0.0168. The molecule has 0 heterocycles. The number of hydrogen-bond donors (Lipinski definition) is 1. The maximum absolute atomic E-state index is 12.0. The van der Waals surface area contributed by atoms with E-state index in [0.717, 1.165) is 27.0 Å². The Kier molecular flexibility index (Phi) is 9.01. The van der Waals surface area contributed by atoms with Crippen molar-refractivity contribution in [1.82, 2.24) is 5.32 Å². The third-order valence-corrected chi connectivity index (χ3v) is 5.88. The van der Waals surface area contributed by atoms with Gasteiger partial charge in [0.15, 0.2) is 11.5 Å². The Bertz CT molecular complexity index is 728. The number of thioether (sulfide) groups is 2. The summed E-state index contributed by atoms with van der Waals surface area (Å²) in [4.78, 5) is 12.9. The van der Waals surface area contributed by atoms with E-state index in [0.29, 0.717) is 23.8 Å². The number of hydrogen-bond acceptors (Lipinski definition) is 5. The zero-order chi connectivity index (χ0) is 18.8. The van der Waals surface area contributed by atoms with Gasteiger partial charge >= 0.3 is 0 Å². The summed E-state index contributed by atoms with van der Waals surface area (Å²) in [7, 11) is 3.20. The normalized spacial score (nSPS) is 10.4. The predicted octanol–water partition coefficient (Wildman–Crippen LogP) is 4.50. The predicted molar refractivity (Wildman–Crippen MR) is 111 cm³/mol. The molecule has 0 aliphatic rings. The van der Waals surface area contributed by atoms with Gasteiger partial charge in [-0.3, -0.25) is 4.79 Å². The highest BCUT2D eigenvalue weighted by atomic mass is 35.5. The fourth-order valence-corrected chi connectivity index (χ4v) is 4.07. The molecule has 140 valence electrons. The van der Waals surface area contributed by atoms with Crippen LogP contribution in [0.2, 0.25) is 5.02 Å². The highest BCUT2D eigenvalue weighted by molar-refractivity contribution is 8.00. The lowest BCUT2D eigenvalue weighted by atomic mass is 10.2. The minimum absolute atomic E-state index is 0.0168. The number of benzene rings is 2. The Morgan fingerprint density at radius 3 is 2.62 bits per heavy atom. The second-order valence-corrected chi connectivity index (χ2v) is 7.86. The number of methoxy groups -OCH3 is 2. The molecule has 0 atom stereocenters. The molecule has 0 aromatic heterocycles. The fourth-order valence-electron chi connectivity index (χ4n) is 2.17. The summed E-state index contributed by atoms with van der Waals surface area (Å²) >= 11 is 9.34. The van der Waals surface area contributed by atoms with Gasteiger partial charge in [0.25, 0.3) is 0 Å². The average Bonchev–Trinajstić information content (AvgIpc) is 2.67. The monoisotopic (exact) mass is 411 g/mol. The van der Waals surface area contributed by atoms with Crippen LogP contribution in [0.4, 0.5) is 0 Å². The molecule has 4 nitrogen and oxygen atoms in total. The Morgan fingerprint density at radius 1 is 1.12 bits per heavy atom. The maximum atomic E-state index is 12.0. The van der Waals surface area contributed by atoms with Gasteiger partial charge in [0.05, 0.1) is 20.0 Å². The highest BCUT2D eigenvalue weighted by Gasteiger charge is 2.07. The van der Waals surface area contributed by atoms with Crippen LogP contribution in [0.5, 0.6) is 11.5 Å². The summed E-state index contributed by atoms with van der Waals surface area (Å²) in [5.74, 6) is 3.41. The molecule has 2 aromatic carbocycles. The lowest BCUT2D eigenvalue weighted by molar-refractivity contribution is -0.118.